The molecule has 2 aromatic heterocycles. The first-order valence-electron chi connectivity index (χ1n) is 10.1. The lowest BCUT2D eigenvalue weighted by molar-refractivity contribution is 0.0696. The van der Waals surface area contributed by atoms with Gasteiger partial charge >= 0.3 is 5.97 Å². The van der Waals surface area contributed by atoms with Gasteiger partial charge in [0.15, 0.2) is 11.4 Å². The van der Waals surface area contributed by atoms with E-state index in [-0.39, 0.29) is 0 Å². The maximum Gasteiger partial charge on any atom is 0.335 e. The van der Waals surface area contributed by atoms with Gasteiger partial charge in [-0.2, -0.15) is 0 Å². The molecule has 0 bridgehead atoms. The second-order valence-electron chi connectivity index (χ2n) is 7.52. The first-order valence-corrected chi connectivity index (χ1v) is 11.0. The third-order valence-corrected chi connectivity index (χ3v) is 6.06. The molecule has 0 amide bonds. The van der Waals surface area contributed by atoms with Gasteiger partial charge in [0.05, 0.1) is 23.5 Å². The first kappa shape index (κ1) is 21.8. The Hall–Kier alpha value is -2.93. The molecule has 1 atom stereocenters. The van der Waals surface area contributed by atoms with Crippen LogP contribution in [-0.4, -0.2) is 39.5 Å². The molecule has 4 rings (SSSR count). The Bertz CT molecular complexity index is 981. The van der Waals surface area contributed by atoms with E-state index in [2.05, 4.69) is 17.2 Å². The highest BCUT2D eigenvalue weighted by atomic mass is 32.1. The Morgan fingerprint density at radius 2 is 2.07 bits per heavy atom. The lowest BCUT2D eigenvalue weighted by Gasteiger charge is -2.33. The Kier molecular flexibility index (Phi) is 7.41. The van der Waals surface area contributed by atoms with Crippen molar-refractivity contribution < 1.29 is 14.7 Å². The number of hydrogen-bond donors (Lipinski definition) is 1. The number of aldehydes is 1. The zero-order chi connectivity index (χ0) is 21.5. The van der Waals surface area contributed by atoms with Crippen molar-refractivity contribution in [2.75, 3.05) is 11.4 Å². The van der Waals surface area contributed by atoms with Crippen LogP contribution in [0.5, 0.6) is 0 Å². The maximum absolute atomic E-state index is 11.1. The molecule has 0 radical (unpaired) electrons. The summed E-state index contributed by atoms with van der Waals surface area (Å²) in [5, 5.41) is 11.6. The zero-order valence-corrected chi connectivity index (χ0v) is 18.1. The highest BCUT2D eigenvalue weighted by Gasteiger charge is 2.21. The molecule has 7 heteroatoms. The van der Waals surface area contributed by atoms with E-state index in [1.165, 1.54) is 19.3 Å². The van der Waals surface area contributed by atoms with Crippen molar-refractivity contribution in [2.45, 2.75) is 45.7 Å². The topological polar surface area (TPSA) is 75.4 Å². The Morgan fingerprint density at radius 1 is 1.30 bits per heavy atom. The molecule has 0 aliphatic carbocycles. The maximum atomic E-state index is 11.1. The quantitative estimate of drug-likeness (QED) is 0.590. The molecule has 3 aromatic rings. The first-order chi connectivity index (χ1) is 14.5. The number of anilines is 1. The fourth-order valence-corrected chi connectivity index (χ4v) is 4.50. The van der Waals surface area contributed by atoms with Crippen LogP contribution >= 0.6 is 11.3 Å². The molecule has 0 saturated carbocycles. The molecule has 1 aromatic carbocycles. The predicted octanol–water partition coefficient (Wildman–Crippen LogP) is 4.88. The molecular formula is C23H27N3O3S. The molecule has 158 valence electrons. The largest absolute Gasteiger partial charge is 0.478 e. The molecule has 1 fully saturated rings. The van der Waals surface area contributed by atoms with Crippen LogP contribution in [-0.2, 0) is 6.54 Å². The van der Waals surface area contributed by atoms with Gasteiger partial charge < -0.3 is 14.6 Å². The Morgan fingerprint density at radius 3 is 2.70 bits per heavy atom. The molecular weight excluding hydrogens is 398 g/mol. The van der Waals surface area contributed by atoms with Gasteiger partial charge in [-0.3, -0.25) is 4.79 Å². The summed E-state index contributed by atoms with van der Waals surface area (Å²) in [5.74, 6) is -0.879. The SMILES string of the molecule is Cc1cc(C=O)n(Cc2csc(N3CCCCC3C)n2)c1.O=C(O)c1ccccc1. The molecule has 0 spiro atoms. The monoisotopic (exact) mass is 425 g/mol. The van der Waals surface area contributed by atoms with Gasteiger partial charge in [0, 0.05) is 24.2 Å². The summed E-state index contributed by atoms with van der Waals surface area (Å²) in [6, 6.07) is 10.8. The Balaban J connectivity index is 0.000000239. The number of rotatable bonds is 5. The minimum absolute atomic E-state index is 0.331. The summed E-state index contributed by atoms with van der Waals surface area (Å²) in [7, 11) is 0. The number of nitrogens with zero attached hydrogens (tertiary/aromatic N) is 3. The summed E-state index contributed by atoms with van der Waals surface area (Å²) in [6.45, 7) is 6.06. The fraction of sp³-hybridized carbons (Fsp3) is 0.348. The van der Waals surface area contributed by atoms with Gasteiger partial charge in [0.25, 0.3) is 0 Å². The van der Waals surface area contributed by atoms with Crippen LogP contribution < -0.4 is 4.90 Å². The van der Waals surface area contributed by atoms with Gasteiger partial charge in [0.1, 0.15) is 0 Å². The van der Waals surface area contributed by atoms with Crippen molar-refractivity contribution in [3.8, 4) is 0 Å². The van der Waals surface area contributed by atoms with Crippen LogP contribution in [0.2, 0.25) is 0 Å². The van der Waals surface area contributed by atoms with Crippen molar-refractivity contribution in [3.63, 3.8) is 0 Å². The van der Waals surface area contributed by atoms with Crippen molar-refractivity contribution in [1.82, 2.24) is 9.55 Å². The van der Waals surface area contributed by atoms with Crippen LogP contribution in [0.3, 0.4) is 0 Å². The third-order valence-electron chi connectivity index (χ3n) is 5.13. The average molecular weight is 426 g/mol. The van der Waals surface area contributed by atoms with Gasteiger partial charge in [0.2, 0.25) is 0 Å². The minimum atomic E-state index is -0.879. The van der Waals surface area contributed by atoms with Crippen LogP contribution in [0.1, 0.15) is 58.3 Å². The van der Waals surface area contributed by atoms with Crippen molar-refractivity contribution in [3.05, 3.63) is 70.5 Å². The number of aromatic carboxylic acids is 1. The van der Waals surface area contributed by atoms with Crippen LogP contribution in [0.25, 0.3) is 0 Å². The standard InChI is InChI=1S/C16H21N3OS.C7H6O2/c1-12-7-15(10-20)18(8-12)9-14-11-21-16(17-14)19-6-4-3-5-13(19)2;8-7(9)6-4-2-1-3-5-6/h7-8,10-11,13H,3-6,9H2,1-2H3;1-5H,(H,8,9). The number of carbonyl (C=O) groups excluding carboxylic acids is 1. The van der Waals surface area contributed by atoms with Gasteiger partial charge in [-0.15, -0.1) is 11.3 Å². The van der Waals surface area contributed by atoms with E-state index in [1.54, 1.807) is 41.7 Å². The van der Waals surface area contributed by atoms with E-state index in [4.69, 9.17) is 10.1 Å². The highest BCUT2D eigenvalue weighted by molar-refractivity contribution is 7.13. The molecule has 1 N–H and O–H groups in total. The van der Waals surface area contributed by atoms with E-state index in [0.29, 0.717) is 23.8 Å². The number of aromatic nitrogens is 2. The average Bonchev–Trinajstić information content (AvgIpc) is 3.35. The van der Waals surface area contributed by atoms with Crippen LogP contribution in [0.4, 0.5) is 5.13 Å². The van der Waals surface area contributed by atoms with Gasteiger partial charge in [-0.1, -0.05) is 18.2 Å². The lowest BCUT2D eigenvalue weighted by Crippen LogP contribution is -2.37. The van der Waals surface area contributed by atoms with E-state index >= 15 is 0 Å². The molecule has 6 nitrogen and oxygen atoms in total. The summed E-state index contributed by atoms with van der Waals surface area (Å²) >= 11 is 1.71. The van der Waals surface area contributed by atoms with Crippen LogP contribution in [0.15, 0.2) is 48.0 Å². The smallest absolute Gasteiger partial charge is 0.335 e. The number of carboxylic acids is 1. The summed E-state index contributed by atoms with van der Waals surface area (Å²) in [6.07, 6.45) is 6.74. The number of piperidine rings is 1. The number of hydrogen-bond acceptors (Lipinski definition) is 5. The highest BCUT2D eigenvalue weighted by Crippen LogP contribution is 2.28. The summed E-state index contributed by atoms with van der Waals surface area (Å²) < 4.78 is 1.97. The van der Waals surface area contributed by atoms with E-state index in [0.717, 1.165) is 29.2 Å². The number of thiazole rings is 1. The van der Waals surface area contributed by atoms with Crippen molar-refractivity contribution in [2.24, 2.45) is 0 Å². The second-order valence-corrected chi connectivity index (χ2v) is 8.36. The molecule has 1 aliphatic rings. The van der Waals surface area contributed by atoms with E-state index in [1.807, 2.05) is 23.8 Å². The van der Waals surface area contributed by atoms with E-state index < -0.39 is 5.97 Å². The normalized spacial score (nSPS) is 15.9. The molecule has 30 heavy (non-hydrogen) atoms. The number of carbonyl (C=O) groups is 2. The van der Waals surface area contributed by atoms with Crippen LogP contribution in [0, 0.1) is 6.92 Å². The van der Waals surface area contributed by atoms with Crippen molar-refractivity contribution in [1.29, 1.82) is 0 Å². The van der Waals surface area contributed by atoms with E-state index in [9.17, 15) is 9.59 Å². The predicted molar refractivity (Wildman–Crippen MR) is 120 cm³/mol. The summed E-state index contributed by atoms with van der Waals surface area (Å²) in [5.41, 5.74) is 3.19. The Labute approximate surface area is 180 Å². The molecule has 3 heterocycles. The number of carboxylic acid groups (broad SMARTS) is 1. The van der Waals surface area contributed by atoms with Gasteiger partial charge in [-0.05, 0) is 56.9 Å². The molecule has 1 aliphatic heterocycles. The molecule has 1 saturated heterocycles. The number of benzene rings is 1. The molecule has 1 unspecified atom stereocenters. The second kappa shape index (κ2) is 10.2. The lowest BCUT2D eigenvalue weighted by atomic mass is 10.1. The van der Waals surface area contributed by atoms with Crippen molar-refractivity contribution >= 4 is 28.7 Å². The summed E-state index contributed by atoms with van der Waals surface area (Å²) in [4.78, 5) is 28.5. The minimum Gasteiger partial charge on any atom is -0.478 e. The van der Waals surface area contributed by atoms with Gasteiger partial charge in [-0.25, -0.2) is 9.78 Å². The number of aryl methyl sites for hydroxylation is 1. The third kappa shape index (κ3) is 5.57. The zero-order valence-electron chi connectivity index (χ0n) is 17.3. The fourth-order valence-electron chi connectivity index (χ4n) is 3.55.